The zero-order valence-electron chi connectivity index (χ0n) is 8.30. The molecule has 2 atom stereocenters. The van der Waals surface area contributed by atoms with Crippen molar-refractivity contribution in [2.45, 2.75) is 32.4 Å². The van der Waals surface area contributed by atoms with Crippen molar-refractivity contribution in [3.05, 3.63) is 0 Å². The Morgan fingerprint density at radius 2 is 2.54 bits per heavy atom. The highest BCUT2D eigenvalue weighted by Gasteiger charge is 2.22. The van der Waals surface area contributed by atoms with E-state index in [0.29, 0.717) is 13.2 Å². The minimum Gasteiger partial charge on any atom is -0.366 e. The minimum absolute atomic E-state index is 0.00144. The Labute approximate surface area is 79.0 Å². The third-order valence-corrected chi connectivity index (χ3v) is 2.22. The fraction of sp³-hybridized carbons (Fsp3) is 0.889. The van der Waals surface area contributed by atoms with Crippen LogP contribution in [0.2, 0.25) is 0 Å². The summed E-state index contributed by atoms with van der Waals surface area (Å²) in [6.45, 7) is 6.13. The summed E-state index contributed by atoms with van der Waals surface area (Å²) in [7, 11) is 0. The van der Waals surface area contributed by atoms with Gasteiger partial charge in [-0.2, -0.15) is 0 Å². The molecule has 76 valence electrons. The van der Waals surface area contributed by atoms with Gasteiger partial charge in [0.25, 0.3) is 5.91 Å². The summed E-state index contributed by atoms with van der Waals surface area (Å²) < 4.78 is 5.31. The van der Waals surface area contributed by atoms with Crippen molar-refractivity contribution in [1.29, 1.82) is 0 Å². The van der Waals surface area contributed by atoms with Crippen molar-refractivity contribution >= 4 is 5.91 Å². The summed E-state index contributed by atoms with van der Waals surface area (Å²) in [4.78, 5) is 11.5. The molecule has 13 heavy (non-hydrogen) atoms. The Morgan fingerprint density at radius 3 is 3.08 bits per heavy atom. The van der Waals surface area contributed by atoms with Crippen LogP contribution >= 0.6 is 0 Å². The molecule has 1 aliphatic rings. The third kappa shape index (κ3) is 3.32. The Morgan fingerprint density at radius 1 is 1.77 bits per heavy atom. The number of rotatable bonds is 3. The molecule has 2 N–H and O–H groups in total. The van der Waals surface area contributed by atoms with Gasteiger partial charge >= 0.3 is 0 Å². The SMILES string of the molecule is CCC(C)NC(=O)[C@H]1CNCCO1. The van der Waals surface area contributed by atoms with E-state index in [9.17, 15) is 4.79 Å². The van der Waals surface area contributed by atoms with Crippen molar-refractivity contribution in [3.8, 4) is 0 Å². The van der Waals surface area contributed by atoms with Gasteiger partial charge in [0.05, 0.1) is 6.61 Å². The first-order valence-electron chi connectivity index (χ1n) is 4.86. The van der Waals surface area contributed by atoms with Crippen LogP contribution in [0.25, 0.3) is 0 Å². The van der Waals surface area contributed by atoms with Crippen LogP contribution in [0.5, 0.6) is 0 Å². The molecule has 1 amide bonds. The van der Waals surface area contributed by atoms with Gasteiger partial charge < -0.3 is 15.4 Å². The van der Waals surface area contributed by atoms with Gasteiger partial charge in [-0.3, -0.25) is 4.79 Å². The molecule has 1 unspecified atom stereocenters. The van der Waals surface area contributed by atoms with Gasteiger partial charge in [-0.05, 0) is 13.3 Å². The zero-order valence-corrected chi connectivity index (χ0v) is 8.30. The lowest BCUT2D eigenvalue weighted by Crippen LogP contribution is -2.49. The van der Waals surface area contributed by atoms with Gasteiger partial charge in [0, 0.05) is 19.1 Å². The summed E-state index contributed by atoms with van der Waals surface area (Å²) in [5.41, 5.74) is 0. The number of carbonyl (C=O) groups excluding carboxylic acids is 1. The molecule has 0 aromatic rings. The molecule has 1 fully saturated rings. The third-order valence-electron chi connectivity index (χ3n) is 2.22. The molecular weight excluding hydrogens is 168 g/mol. The molecule has 4 heteroatoms. The maximum absolute atomic E-state index is 11.5. The smallest absolute Gasteiger partial charge is 0.250 e. The molecule has 1 aliphatic heterocycles. The molecule has 0 aromatic heterocycles. The van der Waals surface area contributed by atoms with Gasteiger partial charge in [-0.25, -0.2) is 0 Å². The van der Waals surface area contributed by atoms with Gasteiger partial charge in [-0.15, -0.1) is 0 Å². The number of morpholine rings is 1. The molecule has 1 heterocycles. The van der Waals surface area contributed by atoms with Crippen LogP contribution in [0.15, 0.2) is 0 Å². The Balaban J connectivity index is 2.29. The Hall–Kier alpha value is -0.610. The molecule has 0 aromatic carbocycles. The second-order valence-corrected chi connectivity index (χ2v) is 3.38. The van der Waals surface area contributed by atoms with E-state index < -0.39 is 0 Å². The van der Waals surface area contributed by atoms with Gasteiger partial charge in [0.1, 0.15) is 6.10 Å². The molecule has 1 saturated heterocycles. The van der Waals surface area contributed by atoms with E-state index in [1.165, 1.54) is 0 Å². The van der Waals surface area contributed by atoms with E-state index in [4.69, 9.17) is 4.74 Å². The quantitative estimate of drug-likeness (QED) is 0.646. The van der Waals surface area contributed by atoms with E-state index in [0.717, 1.165) is 13.0 Å². The topological polar surface area (TPSA) is 50.4 Å². The normalized spacial score (nSPS) is 25.2. The largest absolute Gasteiger partial charge is 0.366 e. The second kappa shape index (κ2) is 5.19. The van der Waals surface area contributed by atoms with Crippen LogP contribution < -0.4 is 10.6 Å². The van der Waals surface area contributed by atoms with Crippen LogP contribution in [0.3, 0.4) is 0 Å². The molecule has 0 radical (unpaired) electrons. The molecule has 0 saturated carbocycles. The number of hydrogen-bond donors (Lipinski definition) is 2. The molecular formula is C9H18N2O2. The maximum atomic E-state index is 11.5. The van der Waals surface area contributed by atoms with Crippen LogP contribution in [-0.4, -0.2) is 37.7 Å². The second-order valence-electron chi connectivity index (χ2n) is 3.38. The molecule has 0 spiro atoms. The van der Waals surface area contributed by atoms with Gasteiger partial charge in [0.15, 0.2) is 0 Å². The first kappa shape index (κ1) is 10.5. The van der Waals surface area contributed by atoms with Crippen molar-refractivity contribution in [2.24, 2.45) is 0 Å². The average molecular weight is 186 g/mol. The predicted octanol–water partition coefficient (Wildman–Crippen LogP) is -0.111. The van der Waals surface area contributed by atoms with Crippen molar-refractivity contribution in [1.82, 2.24) is 10.6 Å². The highest BCUT2D eigenvalue weighted by molar-refractivity contribution is 5.81. The average Bonchev–Trinajstić information content (AvgIpc) is 2.19. The van der Waals surface area contributed by atoms with Crippen LogP contribution in [0.1, 0.15) is 20.3 Å². The number of hydrogen-bond acceptors (Lipinski definition) is 3. The number of carbonyl (C=O) groups is 1. The van der Waals surface area contributed by atoms with E-state index in [1.54, 1.807) is 0 Å². The van der Waals surface area contributed by atoms with Gasteiger partial charge in [0.2, 0.25) is 0 Å². The van der Waals surface area contributed by atoms with Crippen LogP contribution in [0.4, 0.5) is 0 Å². The number of ether oxygens (including phenoxy) is 1. The number of amides is 1. The molecule has 4 nitrogen and oxygen atoms in total. The van der Waals surface area contributed by atoms with Crippen LogP contribution in [-0.2, 0) is 9.53 Å². The highest BCUT2D eigenvalue weighted by Crippen LogP contribution is 1.97. The monoisotopic (exact) mass is 186 g/mol. The summed E-state index contributed by atoms with van der Waals surface area (Å²) in [6, 6.07) is 0.234. The summed E-state index contributed by atoms with van der Waals surface area (Å²) in [6.07, 6.45) is 0.647. The van der Waals surface area contributed by atoms with E-state index in [-0.39, 0.29) is 18.1 Å². The summed E-state index contributed by atoms with van der Waals surface area (Å²) >= 11 is 0. The summed E-state index contributed by atoms with van der Waals surface area (Å²) in [5.74, 6) is 0.00144. The summed E-state index contributed by atoms with van der Waals surface area (Å²) in [5, 5.41) is 6.02. The molecule has 0 bridgehead atoms. The minimum atomic E-state index is -0.303. The van der Waals surface area contributed by atoms with E-state index in [2.05, 4.69) is 10.6 Å². The lowest BCUT2D eigenvalue weighted by molar-refractivity contribution is -0.134. The maximum Gasteiger partial charge on any atom is 0.250 e. The van der Waals surface area contributed by atoms with Crippen molar-refractivity contribution in [2.75, 3.05) is 19.7 Å². The van der Waals surface area contributed by atoms with Crippen molar-refractivity contribution in [3.63, 3.8) is 0 Å². The highest BCUT2D eigenvalue weighted by atomic mass is 16.5. The lowest BCUT2D eigenvalue weighted by atomic mass is 10.2. The van der Waals surface area contributed by atoms with E-state index in [1.807, 2.05) is 13.8 Å². The van der Waals surface area contributed by atoms with Crippen LogP contribution in [0, 0.1) is 0 Å². The fourth-order valence-corrected chi connectivity index (χ4v) is 1.17. The Kier molecular flexibility index (Phi) is 4.18. The first-order chi connectivity index (χ1) is 6.24. The first-order valence-corrected chi connectivity index (χ1v) is 4.86. The molecule has 1 rings (SSSR count). The standard InChI is InChI=1S/C9H18N2O2/c1-3-7(2)11-9(12)8-6-10-4-5-13-8/h7-8,10H,3-6H2,1-2H3,(H,11,12)/t7?,8-/m1/s1. The zero-order chi connectivity index (χ0) is 9.68. The number of nitrogens with one attached hydrogen (secondary N) is 2. The Bertz CT molecular complexity index is 167. The lowest BCUT2D eigenvalue weighted by Gasteiger charge is -2.24. The van der Waals surface area contributed by atoms with Crippen molar-refractivity contribution < 1.29 is 9.53 Å². The predicted molar refractivity (Wildman–Crippen MR) is 50.5 cm³/mol. The van der Waals surface area contributed by atoms with E-state index >= 15 is 0 Å². The molecule has 0 aliphatic carbocycles. The van der Waals surface area contributed by atoms with Gasteiger partial charge in [-0.1, -0.05) is 6.92 Å². The fourth-order valence-electron chi connectivity index (χ4n) is 1.17.